The number of carbonyl (C=O) groups excluding carboxylic acids is 1. The highest BCUT2D eigenvalue weighted by Gasteiger charge is 2.30. The minimum atomic E-state index is -4.46. The van der Waals surface area contributed by atoms with E-state index in [1.807, 2.05) is 19.9 Å². The lowest BCUT2D eigenvalue weighted by Crippen LogP contribution is -2.14. The number of halogens is 3. The quantitative estimate of drug-likeness (QED) is 0.863. The summed E-state index contributed by atoms with van der Waals surface area (Å²) >= 11 is 0. The Kier molecular flexibility index (Phi) is 4.02. The molecule has 0 radical (unpaired) electrons. The Hall–Kier alpha value is -2.30. The Labute approximate surface area is 120 Å². The van der Waals surface area contributed by atoms with Crippen molar-refractivity contribution in [3.8, 4) is 0 Å². The van der Waals surface area contributed by atoms with E-state index in [2.05, 4.69) is 5.32 Å². The summed E-state index contributed by atoms with van der Waals surface area (Å²) in [5.74, 6) is -0.565. The summed E-state index contributed by atoms with van der Waals surface area (Å²) in [6.45, 7) is 3.84. The van der Waals surface area contributed by atoms with Crippen LogP contribution < -0.4 is 5.32 Å². The van der Waals surface area contributed by atoms with Gasteiger partial charge < -0.3 is 5.32 Å². The van der Waals surface area contributed by atoms with Gasteiger partial charge in [0.15, 0.2) is 0 Å². The molecule has 0 aliphatic heterocycles. The molecule has 1 amide bonds. The average Bonchev–Trinajstić information content (AvgIpc) is 2.42. The van der Waals surface area contributed by atoms with Crippen LogP contribution in [-0.4, -0.2) is 5.91 Å². The summed E-state index contributed by atoms with van der Waals surface area (Å²) in [5, 5.41) is 2.60. The summed E-state index contributed by atoms with van der Waals surface area (Å²) in [4.78, 5) is 12.0. The highest BCUT2D eigenvalue weighted by atomic mass is 19.4. The van der Waals surface area contributed by atoms with Crippen molar-refractivity contribution >= 4 is 11.6 Å². The molecule has 0 spiro atoms. The van der Waals surface area contributed by atoms with Crippen LogP contribution in [0.25, 0.3) is 0 Å². The fourth-order valence-corrected chi connectivity index (χ4v) is 1.86. The third-order valence-electron chi connectivity index (χ3n) is 3.22. The van der Waals surface area contributed by atoms with Crippen molar-refractivity contribution in [2.45, 2.75) is 20.0 Å². The van der Waals surface area contributed by atoms with Gasteiger partial charge in [-0.3, -0.25) is 4.79 Å². The molecule has 110 valence electrons. The molecule has 2 rings (SSSR count). The number of rotatable bonds is 2. The zero-order valence-corrected chi connectivity index (χ0v) is 11.6. The summed E-state index contributed by atoms with van der Waals surface area (Å²) in [5.41, 5.74) is 1.77. The number of aryl methyl sites for hydroxylation is 2. The van der Waals surface area contributed by atoms with Crippen LogP contribution in [0.1, 0.15) is 27.0 Å². The molecule has 0 aromatic heterocycles. The van der Waals surface area contributed by atoms with Gasteiger partial charge in [-0.15, -0.1) is 0 Å². The van der Waals surface area contributed by atoms with Crippen LogP contribution in [0.4, 0.5) is 18.9 Å². The van der Waals surface area contributed by atoms with E-state index in [9.17, 15) is 18.0 Å². The molecule has 0 aliphatic rings. The fraction of sp³-hybridized carbons (Fsp3) is 0.188. The molecule has 0 bridgehead atoms. The third-order valence-corrected chi connectivity index (χ3v) is 3.22. The van der Waals surface area contributed by atoms with E-state index in [1.54, 1.807) is 12.1 Å². The summed E-state index contributed by atoms with van der Waals surface area (Å²) < 4.78 is 37.9. The van der Waals surface area contributed by atoms with Crippen LogP contribution >= 0.6 is 0 Å². The van der Waals surface area contributed by atoms with Gasteiger partial charge in [0, 0.05) is 11.3 Å². The minimum absolute atomic E-state index is 0.0250. The summed E-state index contributed by atoms with van der Waals surface area (Å²) in [6.07, 6.45) is -4.46. The first-order valence-electron chi connectivity index (χ1n) is 6.33. The minimum Gasteiger partial charge on any atom is -0.322 e. The SMILES string of the molecule is Cc1ccc(NC(=O)c2cccc(C(F)(F)F)c2)cc1C. The van der Waals surface area contributed by atoms with Crippen molar-refractivity contribution < 1.29 is 18.0 Å². The molecule has 5 heteroatoms. The van der Waals surface area contributed by atoms with Crippen molar-refractivity contribution in [2.24, 2.45) is 0 Å². The van der Waals surface area contributed by atoms with Gasteiger partial charge in [0.25, 0.3) is 5.91 Å². The highest BCUT2D eigenvalue weighted by Crippen LogP contribution is 2.29. The van der Waals surface area contributed by atoms with Crippen molar-refractivity contribution in [3.63, 3.8) is 0 Å². The van der Waals surface area contributed by atoms with E-state index >= 15 is 0 Å². The van der Waals surface area contributed by atoms with E-state index in [0.717, 1.165) is 23.3 Å². The van der Waals surface area contributed by atoms with Gasteiger partial charge in [0.05, 0.1) is 5.56 Å². The van der Waals surface area contributed by atoms with Crippen LogP contribution in [-0.2, 0) is 6.18 Å². The molecule has 21 heavy (non-hydrogen) atoms. The molecule has 2 nitrogen and oxygen atoms in total. The van der Waals surface area contributed by atoms with Gasteiger partial charge in [-0.05, 0) is 55.3 Å². The number of carbonyl (C=O) groups is 1. The predicted molar refractivity (Wildman–Crippen MR) is 75.3 cm³/mol. The number of anilines is 1. The number of alkyl halides is 3. The molecular weight excluding hydrogens is 279 g/mol. The third kappa shape index (κ3) is 3.62. The zero-order chi connectivity index (χ0) is 15.6. The largest absolute Gasteiger partial charge is 0.416 e. The van der Waals surface area contributed by atoms with Crippen LogP contribution in [0.15, 0.2) is 42.5 Å². The molecule has 0 heterocycles. The van der Waals surface area contributed by atoms with Gasteiger partial charge in [0.1, 0.15) is 0 Å². The monoisotopic (exact) mass is 293 g/mol. The standard InChI is InChI=1S/C16H14F3NO/c1-10-6-7-14(8-11(10)2)20-15(21)12-4-3-5-13(9-12)16(17,18)19/h3-9H,1-2H3,(H,20,21). The van der Waals surface area contributed by atoms with E-state index in [1.165, 1.54) is 12.1 Å². The molecule has 2 aromatic rings. The van der Waals surface area contributed by atoms with E-state index in [0.29, 0.717) is 5.69 Å². The summed E-state index contributed by atoms with van der Waals surface area (Å²) in [7, 11) is 0. The molecule has 0 atom stereocenters. The van der Waals surface area contributed by atoms with E-state index in [4.69, 9.17) is 0 Å². The van der Waals surface area contributed by atoms with Crippen molar-refractivity contribution in [1.82, 2.24) is 0 Å². The Bertz CT molecular complexity index is 677. The first-order chi connectivity index (χ1) is 9.77. The molecule has 0 aliphatic carbocycles. The maximum absolute atomic E-state index is 12.6. The van der Waals surface area contributed by atoms with Crippen LogP contribution in [0.3, 0.4) is 0 Å². The van der Waals surface area contributed by atoms with E-state index in [-0.39, 0.29) is 5.56 Å². The smallest absolute Gasteiger partial charge is 0.322 e. The van der Waals surface area contributed by atoms with Gasteiger partial charge in [-0.2, -0.15) is 13.2 Å². The number of benzene rings is 2. The molecule has 2 aromatic carbocycles. The fourth-order valence-electron chi connectivity index (χ4n) is 1.86. The summed E-state index contributed by atoms with van der Waals surface area (Å²) in [6, 6.07) is 9.69. The molecule has 0 saturated carbocycles. The van der Waals surface area contributed by atoms with E-state index < -0.39 is 17.6 Å². The van der Waals surface area contributed by atoms with Crippen molar-refractivity contribution in [1.29, 1.82) is 0 Å². The van der Waals surface area contributed by atoms with Crippen LogP contribution in [0.2, 0.25) is 0 Å². The predicted octanol–water partition coefficient (Wildman–Crippen LogP) is 4.57. The molecule has 0 saturated heterocycles. The number of amides is 1. The lowest BCUT2D eigenvalue weighted by molar-refractivity contribution is -0.137. The lowest BCUT2D eigenvalue weighted by atomic mass is 10.1. The van der Waals surface area contributed by atoms with Gasteiger partial charge in [-0.25, -0.2) is 0 Å². The van der Waals surface area contributed by atoms with Crippen LogP contribution in [0, 0.1) is 13.8 Å². The average molecular weight is 293 g/mol. The maximum atomic E-state index is 12.6. The Morgan fingerprint density at radius 2 is 1.71 bits per heavy atom. The lowest BCUT2D eigenvalue weighted by Gasteiger charge is -2.10. The first kappa shape index (κ1) is 15.1. The topological polar surface area (TPSA) is 29.1 Å². The zero-order valence-electron chi connectivity index (χ0n) is 11.6. The second-order valence-corrected chi connectivity index (χ2v) is 4.83. The number of hydrogen-bond donors (Lipinski definition) is 1. The molecular formula is C16H14F3NO. The maximum Gasteiger partial charge on any atom is 0.416 e. The highest BCUT2D eigenvalue weighted by molar-refractivity contribution is 6.04. The second-order valence-electron chi connectivity index (χ2n) is 4.83. The molecule has 1 N–H and O–H groups in total. The molecule has 0 unspecified atom stereocenters. The molecule has 0 fully saturated rings. The Balaban J connectivity index is 2.22. The van der Waals surface area contributed by atoms with Crippen molar-refractivity contribution in [2.75, 3.05) is 5.32 Å². The normalized spacial score (nSPS) is 11.3. The number of hydrogen-bond acceptors (Lipinski definition) is 1. The van der Waals surface area contributed by atoms with Crippen molar-refractivity contribution in [3.05, 3.63) is 64.7 Å². The number of nitrogens with one attached hydrogen (secondary N) is 1. The Morgan fingerprint density at radius 3 is 2.33 bits per heavy atom. The van der Waals surface area contributed by atoms with Gasteiger partial charge >= 0.3 is 6.18 Å². The van der Waals surface area contributed by atoms with Crippen LogP contribution in [0.5, 0.6) is 0 Å². The van der Waals surface area contributed by atoms with Gasteiger partial charge in [0.2, 0.25) is 0 Å². The Morgan fingerprint density at radius 1 is 1.00 bits per heavy atom. The first-order valence-corrected chi connectivity index (χ1v) is 6.33. The van der Waals surface area contributed by atoms with Gasteiger partial charge in [-0.1, -0.05) is 12.1 Å². The second kappa shape index (κ2) is 5.60.